The Bertz CT molecular complexity index is 1500. The maximum Gasteiger partial charge on any atom is 0.328 e. The van der Waals surface area contributed by atoms with Crippen LogP contribution in [0.25, 0.3) is 11.1 Å². The second kappa shape index (κ2) is 17.1. The predicted octanol–water partition coefficient (Wildman–Crippen LogP) is 5.66. The fraction of sp³-hybridized carbons (Fsp3) is 0.417. The number of hydrogen-bond donors (Lipinski definition) is 2. The fourth-order valence-corrected chi connectivity index (χ4v) is 7.29. The van der Waals surface area contributed by atoms with Gasteiger partial charge in [-0.25, -0.2) is 9.18 Å². The van der Waals surface area contributed by atoms with Crippen LogP contribution in [0.15, 0.2) is 72.8 Å². The monoisotopic (exact) mass is 679 g/mol. The largest absolute Gasteiger partial charge is 0.492 e. The van der Waals surface area contributed by atoms with E-state index in [1.165, 1.54) is 23.9 Å². The summed E-state index contributed by atoms with van der Waals surface area (Å²) in [5, 5.41) is 6.57. The lowest BCUT2D eigenvalue weighted by atomic mass is 9.98. The van der Waals surface area contributed by atoms with Crippen molar-refractivity contribution in [3.05, 3.63) is 89.7 Å². The van der Waals surface area contributed by atoms with Gasteiger partial charge in [-0.05, 0) is 86.2 Å². The molecule has 2 N–H and O–H groups in total. The first kappa shape index (κ1) is 34.9. The Balaban J connectivity index is 1.25. The minimum absolute atomic E-state index is 0.0566. The van der Waals surface area contributed by atoms with Gasteiger partial charge in [0.15, 0.2) is 0 Å². The van der Waals surface area contributed by atoms with Gasteiger partial charge in [-0.2, -0.15) is 11.8 Å². The number of likely N-dealkylation sites (tertiary alicyclic amines) is 1. The van der Waals surface area contributed by atoms with Crippen molar-refractivity contribution in [1.82, 2.24) is 15.5 Å². The van der Waals surface area contributed by atoms with Crippen LogP contribution in [0.1, 0.15) is 46.4 Å². The van der Waals surface area contributed by atoms with Crippen molar-refractivity contribution in [2.75, 3.05) is 45.3 Å². The number of rotatable bonds is 13. The van der Waals surface area contributed by atoms with E-state index < -0.39 is 17.9 Å². The third-order valence-electron chi connectivity index (χ3n) is 8.46. The first-order chi connectivity index (χ1) is 22.8. The molecule has 0 unspecified atom stereocenters. The Hall–Kier alpha value is -3.38. The summed E-state index contributed by atoms with van der Waals surface area (Å²) in [4.78, 5) is 41.8. The molecule has 3 aromatic rings. The molecule has 3 atom stereocenters. The molecule has 5 rings (SSSR count). The molecule has 0 spiro atoms. The normalized spacial score (nSPS) is 19.2. The van der Waals surface area contributed by atoms with E-state index in [0.29, 0.717) is 53.3 Å². The van der Waals surface area contributed by atoms with Crippen molar-refractivity contribution < 1.29 is 28.2 Å². The Morgan fingerprint density at radius 2 is 1.79 bits per heavy atom. The summed E-state index contributed by atoms with van der Waals surface area (Å²) in [5.41, 5.74) is 2.25. The highest BCUT2D eigenvalue weighted by molar-refractivity contribution is 8.14. The molecule has 11 heteroatoms. The van der Waals surface area contributed by atoms with Gasteiger partial charge in [-0.15, -0.1) is 0 Å². The van der Waals surface area contributed by atoms with Crippen LogP contribution >= 0.6 is 23.5 Å². The number of carbonyl (C=O) groups is 3. The van der Waals surface area contributed by atoms with Crippen molar-refractivity contribution in [3.63, 3.8) is 0 Å². The Kier molecular flexibility index (Phi) is 12.7. The summed E-state index contributed by atoms with van der Waals surface area (Å²) in [6, 6.07) is 19.7. The van der Waals surface area contributed by atoms with Crippen LogP contribution in [0.3, 0.4) is 0 Å². The number of halogens is 1. The van der Waals surface area contributed by atoms with Gasteiger partial charge in [0.2, 0.25) is 5.12 Å². The van der Waals surface area contributed by atoms with Crippen molar-refractivity contribution >= 4 is 40.5 Å². The molecule has 2 aliphatic rings. The third-order valence-corrected chi connectivity index (χ3v) is 10.2. The number of hydrogen-bond acceptors (Lipinski definition) is 9. The predicted molar refractivity (Wildman–Crippen MR) is 187 cm³/mol. The first-order valence-corrected chi connectivity index (χ1v) is 18.3. The lowest BCUT2D eigenvalue weighted by Gasteiger charge is -2.30. The zero-order chi connectivity index (χ0) is 33.2. The lowest BCUT2D eigenvalue weighted by molar-refractivity contribution is -0.153. The van der Waals surface area contributed by atoms with Crippen molar-refractivity contribution in [1.29, 1.82) is 0 Å². The number of carbonyl (C=O) groups excluding carboxylic acids is 3. The summed E-state index contributed by atoms with van der Waals surface area (Å²) in [6.07, 6.45) is 4.55. The maximum absolute atomic E-state index is 13.8. The minimum Gasteiger partial charge on any atom is -0.492 e. The average molecular weight is 680 g/mol. The number of benzene rings is 3. The van der Waals surface area contributed by atoms with E-state index in [1.54, 1.807) is 42.1 Å². The molecule has 2 fully saturated rings. The lowest BCUT2D eigenvalue weighted by Crippen LogP contribution is -2.45. The smallest absolute Gasteiger partial charge is 0.328 e. The molecule has 47 heavy (non-hydrogen) atoms. The van der Waals surface area contributed by atoms with E-state index in [4.69, 9.17) is 9.47 Å². The van der Waals surface area contributed by atoms with Crippen LogP contribution in [0.2, 0.25) is 0 Å². The summed E-state index contributed by atoms with van der Waals surface area (Å²) < 4.78 is 25.9. The molecule has 2 aliphatic heterocycles. The minimum atomic E-state index is -0.792. The van der Waals surface area contributed by atoms with Crippen molar-refractivity contribution in [3.8, 4) is 16.9 Å². The number of nitrogens with zero attached hydrogens (tertiary/aromatic N) is 1. The highest BCUT2D eigenvalue weighted by atomic mass is 32.2. The molecular weight excluding hydrogens is 638 g/mol. The van der Waals surface area contributed by atoms with Gasteiger partial charge >= 0.3 is 5.97 Å². The topological polar surface area (TPSA) is 97.0 Å². The van der Waals surface area contributed by atoms with E-state index in [9.17, 15) is 18.8 Å². The molecule has 2 saturated heterocycles. The Morgan fingerprint density at radius 1 is 1.04 bits per heavy atom. The highest BCUT2D eigenvalue weighted by Gasteiger charge is 2.29. The molecule has 0 aromatic heterocycles. The van der Waals surface area contributed by atoms with E-state index in [1.807, 2.05) is 43.6 Å². The molecule has 3 aromatic carbocycles. The third kappa shape index (κ3) is 10.1. The summed E-state index contributed by atoms with van der Waals surface area (Å²) in [6.45, 7) is 2.80. The van der Waals surface area contributed by atoms with E-state index in [0.717, 1.165) is 32.4 Å². The fourth-order valence-electron chi connectivity index (χ4n) is 5.74. The second-order valence-electron chi connectivity index (χ2n) is 12.0. The summed E-state index contributed by atoms with van der Waals surface area (Å²) in [5.74, 6) is 0.0187. The van der Waals surface area contributed by atoms with E-state index in [-0.39, 0.29) is 28.3 Å². The maximum atomic E-state index is 13.8. The van der Waals surface area contributed by atoms with Crippen LogP contribution in [0, 0.1) is 5.82 Å². The molecule has 0 radical (unpaired) electrons. The van der Waals surface area contributed by atoms with Gasteiger partial charge in [0.05, 0.1) is 0 Å². The Labute approximate surface area is 284 Å². The molecule has 0 saturated carbocycles. The van der Waals surface area contributed by atoms with Crippen LogP contribution < -0.4 is 15.4 Å². The quantitative estimate of drug-likeness (QED) is 0.222. The van der Waals surface area contributed by atoms with Gasteiger partial charge in [0.1, 0.15) is 30.3 Å². The number of thioether (sulfide) groups is 2. The molecule has 0 aliphatic carbocycles. The second-order valence-corrected chi connectivity index (χ2v) is 14.3. The molecule has 8 nitrogen and oxygen atoms in total. The highest BCUT2D eigenvalue weighted by Crippen LogP contribution is 2.30. The van der Waals surface area contributed by atoms with Gasteiger partial charge < -0.3 is 25.0 Å². The average Bonchev–Trinajstić information content (AvgIpc) is 3.54. The van der Waals surface area contributed by atoms with Crippen LogP contribution in [0.5, 0.6) is 5.75 Å². The van der Waals surface area contributed by atoms with Crippen LogP contribution in [-0.2, 0) is 9.53 Å². The summed E-state index contributed by atoms with van der Waals surface area (Å²) >= 11 is 2.94. The zero-order valence-corrected chi connectivity index (χ0v) is 28.4. The van der Waals surface area contributed by atoms with Crippen LogP contribution in [0.4, 0.5) is 4.39 Å². The molecular formula is C36H42FN3O5S2. The number of amides is 1. The Morgan fingerprint density at radius 3 is 2.51 bits per heavy atom. The van der Waals surface area contributed by atoms with Gasteiger partial charge in [-0.1, -0.05) is 54.2 Å². The first-order valence-electron chi connectivity index (χ1n) is 16.0. The van der Waals surface area contributed by atoms with Crippen molar-refractivity contribution in [2.45, 2.75) is 49.1 Å². The molecule has 2 heterocycles. The number of ether oxygens (including phenoxy) is 2. The van der Waals surface area contributed by atoms with E-state index in [2.05, 4.69) is 15.5 Å². The van der Waals surface area contributed by atoms with Gasteiger partial charge in [0, 0.05) is 42.1 Å². The van der Waals surface area contributed by atoms with Gasteiger partial charge in [-0.3, -0.25) is 9.59 Å². The number of nitrogens with one attached hydrogen (secondary N) is 2. The molecule has 250 valence electrons. The molecule has 1 amide bonds. The number of esters is 1. The van der Waals surface area contributed by atoms with Crippen LogP contribution in [-0.4, -0.2) is 90.6 Å². The zero-order valence-electron chi connectivity index (χ0n) is 26.8. The SMILES string of the molecule is CSCC[C@H](NC(=O)c1ccc(OC[C@@H]2C[C@H](SC(=O)c3ccccc3)CN2)cc1-c1ccc(F)cc1)C(=O)OC1CCN(C)CC1. The number of piperidine rings is 1. The van der Waals surface area contributed by atoms with Gasteiger partial charge in [0.25, 0.3) is 5.91 Å². The van der Waals surface area contributed by atoms with E-state index >= 15 is 0 Å². The van der Waals surface area contributed by atoms with Crippen molar-refractivity contribution in [2.24, 2.45) is 0 Å². The standard InChI is InChI=1S/C36H42FN3O5S2/c1-40-17-14-28(15-18-40)45-35(42)33(16-19-46-2)39-34(41)31-13-12-29(21-32(31)24-8-10-26(37)11-9-24)44-23-27-20-30(22-38-27)47-36(43)25-6-4-3-5-7-25/h3-13,21,27-28,30,33,38H,14-20,22-23H2,1-2H3,(H,39,41)/t27-,30-,33-/m0/s1. The summed E-state index contributed by atoms with van der Waals surface area (Å²) in [7, 11) is 2.05. The molecule has 0 bridgehead atoms.